The number of halogens is 1. The van der Waals surface area contributed by atoms with Crippen molar-refractivity contribution in [3.8, 4) is 0 Å². The first-order chi connectivity index (χ1) is 8.72. The predicted octanol–water partition coefficient (Wildman–Crippen LogP) is -0.230. The van der Waals surface area contributed by atoms with Gasteiger partial charge in [-0.15, -0.1) is 12.4 Å². The highest BCUT2D eigenvalue weighted by molar-refractivity contribution is 5.95. The van der Waals surface area contributed by atoms with E-state index in [4.69, 9.17) is 4.74 Å². The van der Waals surface area contributed by atoms with Gasteiger partial charge in [-0.25, -0.2) is 0 Å². The zero-order chi connectivity index (χ0) is 13.0. The van der Waals surface area contributed by atoms with Gasteiger partial charge in [-0.3, -0.25) is 14.7 Å². The summed E-state index contributed by atoms with van der Waals surface area (Å²) < 4.78 is 4.73. The molecule has 1 amide bonds. The molecule has 0 spiro atoms. The molecule has 1 aliphatic rings. The van der Waals surface area contributed by atoms with Crippen molar-refractivity contribution in [2.75, 3.05) is 19.7 Å². The Balaban J connectivity index is 0.00000180. The Labute approximate surface area is 116 Å². The van der Waals surface area contributed by atoms with Gasteiger partial charge in [0.25, 0.3) is 5.91 Å². The van der Waals surface area contributed by atoms with Crippen LogP contribution in [0.2, 0.25) is 0 Å². The molecule has 2 rings (SSSR count). The minimum absolute atomic E-state index is 0. The van der Waals surface area contributed by atoms with Crippen molar-refractivity contribution in [1.29, 1.82) is 0 Å². The van der Waals surface area contributed by atoms with Crippen molar-refractivity contribution in [3.05, 3.63) is 17.0 Å². The maximum Gasteiger partial charge on any atom is 0.325 e. The van der Waals surface area contributed by atoms with Gasteiger partial charge in [0.2, 0.25) is 0 Å². The van der Waals surface area contributed by atoms with Gasteiger partial charge in [-0.05, 0) is 6.92 Å². The number of H-pyrrole nitrogens is 1. The van der Waals surface area contributed by atoms with Crippen molar-refractivity contribution in [2.45, 2.75) is 19.9 Å². The summed E-state index contributed by atoms with van der Waals surface area (Å²) in [5.41, 5.74) is 2.21. The molecular weight excluding hydrogens is 272 g/mol. The van der Waals surface area contributed by atoms with Gasteiger partial charge >= 0.3 is 5.97 Å². The Bertz CT molecular complexity index is 461. The van der Waals surface area contributed by atoms with Crippen LogP contribution in [0, 0.1) is 0 Å². The Morgan fingerprint density at radius 3 is 3.00 bits per heavy atom. The number of esters is 1. The van der Waals surface area contributed by atoms with Crippen molar-refractivity contribution in [1.82, 2.24) is 20.8 Å². The Morgan fingerprint density at radius 2 is 2.26 bits per heavy atom. The monoisotopic (exact) mass is 288 g/mol. The fourth-order valence-corrected chi connectivity index (χ4v) is 1.86. The number of carbonyl (C=O) groups excluding carboxylic acids is 2. The van der Waals surface area contributed by atoms with Crippen LogP contribution in [0.25, 0.3) is 0 Å². The zero-order valence-corrected chi connectivity index (χ0v) is 11.4. The number of carbonyl (C=O) groups is 2. The van der Waals surface area contributed by atoms with E-state index in [1.165, 1.54) is 0 Å². The van der Waals surface area contributed by atoms with Crippen LogP contribution in [0.15, 0.2) is 0 Å². The zero-order valence-electron chi connectivity index (χ0n) is 10.6. The molecule has 0 radical (unpaired) electrons. The van der Waals surface area contributed by atoms with Crippen LogP contribution in [-0.2, 0) is 22.5 Å². The molecule has 0 unspecified atom stereocenters. The molecule has 3 N–H and O–H groups in total. The Morgan fingerprint density at radius 1 is 1.47 bits per heavy atom. The van der Waals surface area contributed by atoms with E-state index < -0.39 is 5.97 Å². The minimum Gasteiger partial charge on any atom is -0.465 e. The van der Waals surface area contributed by atoms with Gasteiger partial charge < -0.3 is 15.4 Å². The fraction of sp³-hybridized carbons (Fsp3) is 0.545. The Kier molecular flexibility index (Phi) is 5.78. The summed E-state index contributed by atoms with van der Waals surface area (Å²) in [6.07, 6.45) is 0.827. The number of nitrogens with zero attached hydrogens (tertiary/aromatic N) is 1. The van der Waals surface area contributed by atoms with Crippen LogP contribution in [0.4, 0.5) is 0 Å². The molecule has 106 valence electrons. The van der Waals surface area contributed by atoms with E-state index in [-0.39, 0.29) is 24.9 Å². The molecule has 0 aliphatic carbocycles. The van der Waals surface area contributed by atoms with E-state index in [1.807, 2.05) is 0 Å². The number of nitrogens with one attached hydrogen (secondary N) is 3. The lowest BCUT2D eigenvalue weighted by Crippen LogP contribution is -2.32. The number of amides is 1. The van der Waals surface area contributed by atoms with Gasteiger partial charge in [0.05, 0.1) is 6.61 Å². The summed E-state index contributed by atoms with van der Waals surface area (Å²) in [7, 11) is 0. The quantitative estimate of drug-likeness (QED) is 0.665. The SMILES string of the molecule is CCOC(=O)CNC(=O)c1n[nH]c2c1CNCC2.Cl. The first kappa shape index (κ1) is 15.5. The summed E-state index contributed by atoms with van der Waals surface area (Å²) in [6.45, 7) is 3.38. The molecule has 0 saturated heterocycles. The lowest BCUT2D eigenvalue weighted by molar-refractivity contribution is -0.141. The molecule has 0 fully saturated rings. The largest absolute Gasteiger partial charge is 0.465 e. The average Bonchev–Trinajstić information content (AvgIpc) is 2.80. The number of fused-ring (bicyclic) bond motifs is 1. The maximum absolute atomic E-state index is 11.9. The Hall–Kier alpha value is -1.60. The first-order valence-electron chi connectivity index (χ1n) is 5.93. The molecule has 19 heavy (non-hydrogen) atoms. The second-order valence-electron chi connectivity index (χ2n) is 3.94. The van der Waals surface area contributed by atoms with Crippen molar-refractivity contribution in [3.63, 3.8) is 0 Å². The number of rotatable bonds is 4. The molecule has 0 aromatic carbocycles. The lowest BCUT2D eigenvalue weighted by atomic mass is 10.1. The number of aromatic amines is 1. The van der Waals surface area contributed by atoms with Gasteiger partial charge in [-0.2, -0.15) is 5.10 Å². The fourth-order valence-electron chi connectivity index (χ4n) is 1.86. The molecular formula is C11H17ClN4O3. The van der Waals surface area contributed by atoms with E-state index in [9.17, 15) is 9.59 Å². The van der Waals surface area contributed by atoms with Crippen LogP contribution in [0.1, 0.15) is 28.7 Å². The molecule has 1 aliphatic heterocycles. The van der Waals surface area contributed by atoms with Crippen LogP contribution < -0.4 is 10.6 Å². The summed E-state index contributed by atoms with van der Waals surface area (Å²) in [4.78, 5) is 23.0. The second kappa shape index (κ2) is 7.10. The third kappa shape index (κ3) is 3.68. The molecule has 0 saturated carbocycles. The highest BCUT2D eigenvalue weighted by Crippen LogP contribution is 2.14. The number of ether oxygens (including phenoxy) is 1. The van der Waals surface area contributed by atoms with E-state index >= 15 is 0 Å². The number of hydrogen-bond donors (Lipinski definition) is 3. The van der Waals surface area contributed by atoms with Gasteiger partial charge in [0.1, 0.15) is 6.54 Å². The molecule has 7 nitrogen and oxygen atoms in total. The first-order valence-corrected chi connectivity index (χ1v) is 5.93. The van der Waals surface area contributed by atoms with E-state index in [1.54, 1.807) is 6.92 Å². The highest BCUT2D eigenvalue weighted by Gasteiger charge is 2.21. The predicted molar refractivity (Wildman–Crippen MR) is 70.2 cm³/mol. The lowest BCUT2D eigenvalue weighted by Gasteiger charge is -2.12. The van der Waals surface area contributed by atoms with Crippen molar-refractivity contribution < 1.29 is 14.3 Å². The molecule has 0 bridgehead atoms. The molecule has 1 aromatic rings. The summed E-state index contributed by atoms with van der Waals surface area (Å²) in [5, 5.41) is 12.5. The molecule has 8 heteroatoms. The normalized spacial score (nSPS) is 13.1. The summed E-state index contributed by atoms with van der Waals surface area (Å²) in [5.74, 6) is -0.808. The summed E-state index contributed by atoms with van der Waals surface area (Å²) in [6, 6.07) is 0. The van der Waals surface area contributed by atoms with Crippen molar-refractivity contribution in [2.24, 2.45) is 0 Å². The van der Waals surface area contributed by atoms with E-state index in [0.717, 1.165) is 24.2 Å². The standard InChI is InChI=1S/C11H16N4O3.ClH/c1-2-18-9(16)6-13-11(17)10-7-5-12-4-3-8(7)14-15-10;/h12H,2-6H2,1H3,(H,13,17)(H,14,15);1H. The topological polar surface area (TPSA) is 96.1 Å². The number of hydrogen-bond acceptors (Lipinski definition) is 5. The second-order valence-corrected chi connectivity index (χ2v) is 3.94. The van der Waals surface area contributed by atoms with Gasteiger partial charge in [0.15, 0.2) is 5.69 Å². The maximum atomic E-state index is 11.9. The van der Waals surface area contributed by atoms with Crippen LogP contribution in [0.3, 0.4) is 0 Å². The van der Waals surface area contributed by atoms with E-state index in [2.05, 4.69) is 20.8 Å². The third-order valence-corrected chi connectivity index (χ3v) is 2.72. The summed E-state index contributed by atoms with van der Waals surface area (Å²) >= 11 is 0. The van der Waals surface area contributed by atoms with Crippen molar-refractivity contribution >= 4 is 24.3 Å². The average molecular weight is 289 g/mol. The van der Waals surface area contributed by atoms with Gasteiger partial charge in [-0.1, -0.05) is 0 Å². The van der Waals surface area contributed by atoms with Crippen LogP contribution in [0.5, 0.6) is 0 Å². The molecule has 2 heterocycles. The minimum atomic E-state index is -0.451. The van der Waals surface area contributed by atoms with Crippen LogP contribution in [-0.4, -0.2) is 41.8 Å². The smallest absolute Gasteiger partial charge is 0.325 e. The molecule has 0 atom stereocenters. The van der Waals surface area contributed by atoms with Gasteiger partial charge in [0, 0.05) is 30.8 Å². The van der Waals surface area contributed by atoms with Crippen LogP contribution >= 0.6 is 12.4 Å². The highest BCUT2D eigenvalue weighted by atomic mass is 35.5. The molecule has 1 aromatic heterocycles. The number of aromatic nitrogens is 2. The third-order valence-electron chi connectivity index (χ3n) is 2.72. The van der Waals surface area contributed by atoms with E-state index in [0.29, 0.717) is 18.8 Å².